The van der Waals surface area contributed by atoms with Crippen LogP contribution in [0.3, 0.4) is 0 Å². The van der Waals surface area contributed by atoms with Crippen molar-refractivity contribution in [2.24, 2.45) is 5.92 Å². The predicted octanol–water partition coefficient (Wildman–Crippen LogP) is 4.70. The molecule has 198 valence electrons. The molecule has 0 bridgehead atoms. The van der Waals surface area contributed by atoms with E-state index >= 15 is 0 Å². The molecule has 5 rings (SSSR count). The molecule has 1 aliphatic heterocycles. The minimum atomic E-state index is -0.517. The standard InChI is InChI=1S/C27H27ClFN5O4/c1-34(18-10-26(36)38-14-18)8-2-3-25(35)33-23-11-19-22(12-24(23)37-13-16-4-5-16)30-15-31-27(19)32-17-6-7-21(29)20(28)9-17/h2-3,6-7,9,11-12,15-16,18H,4-5,8,10,13-14H2,1H3,(H,33,35)(H,30,31,32). The van der Waals surface area contributed by atoms with E-state index in [0.717, 1.165) is 12.8 Å². The molecule has 2 fully saturated rings. The van der Waals surface area contributed by atoms with Gasteiger partial charge in [0.15, 0.2) is 0 Å². The van der Waals surface area contributed by atoms with E-state index in [1.165, 1.54) is 24.5 Å². The van der Waals surface area contributed by atoms with Crippen molar-refractivity contribution in [2.45, 2.75) is 25.3 Å². The third-order valence-electron chi connectivity index (χ3n) is 6.47. The highest BCUT2D eigenvalue weighted by molar-refractivity contribution is 6.31. The van der Waals surface area contributed by atoms with E-state index in [9.17, 15) is 14.0 Å². The number of carbonyl (C=O) groups is 2. The fourth-order valence-electron chi connectivity index (χ4n) is 4.04. The smallest absolute Gasteiger partial charge is 0.307 e. The summed E-state index contributed by atoms with van der Waals surface area (Å²) in [6.07, 6.45) is 7.19. The van der Waals surface area contributed by atoms with Gasteiger partial charge in [-0.2, -0.15) is 0 Å². The lowest BCUT2D eigenvalue weighted by Crippen LogP contribution is -2.32. The third kappa shape index (κ3) is 6.38. The lowest BCUT2D eigenvalue weighted by Gasteiger charge is -2.19. The molecule has 0 spiro atoms. The first-order valence-corrected chi connectivity index (χ1v) is 12.7. The van der Waals surface area contributed by atoms with E-state index in [1.807, 2.05) is 11.9 Å². The average Bonchev–Trinajstić information content (AvgIpc) is 3.62. The van der Waals surface area contributed by atoms with Gasteiger partial charge in [-0.05, 0) is 50.1 Å². The maximum atomic E-state index is 13.6. The van der Waals surface area contributed by atoms with E-state index in [1.54, 1.807) is 24.3 Å². The van der Waals surface area contributed by atoms with E-state index in [4.69, 9.17) is 21.1 Å². The van der Waals surface area contributed by atoms with Gasteiger partial charge in [-0.25, -0.2) is 14.4 Å². The molecule has 1 unspecified atom stereocenters. The summed E-state index contributed by atoms with van der Waals surface area (Å²) in [4.78, 5) is 34.8. The minimum absolute atomic E-state index is 0.0000326. The van der Waals surface area contributed by atoms with Gasteiger partial charge < -0.3 is 20.1 Å². The molecule has 2 aromatic carbocycles. The van der Waals surface area contributed by atoms with Gasteiger partial charge in [0.2, 0.25) is 5.91 Å². The summed E-state index contributed by atoms with van der Waals surface area (Å²) < 4.78 is 24.7. The molecule has 1 saturated heterocycles. The number of hydrogen-bond donors (Lipinski definition) is 2. The topological polar surface area (TPSA) is 106 Å². The Bertz CT molecular complexity index is 1400. The summed E-state index contributed by atoms with van der Waals surface area (Å²) in [7, 11) is 1.88. The second-order valence-corrected chi connectivity index (χ2v) is 9.88. The van der Waals surface area contributed by atoms with Crippen LogP contribution in [0.4, 0.5) is 21.6 Å². The van der Waals surface area contributed by atoms with Gasteiger partial charge in [-0.1, -0.05) is 17.7 Å². The summed E-state index contributed by atoms with van der Waals surface area (Å²) in [5.74, 6) is 0.439. The first kappa shape index (κ1) is 25.9. The largest absolute Gasteiger partial charge is 0.491 e. The molecule has 1 aliphatic carbocycles. The Hall–Kier alpha value is -3.76. The van der Waals surface area contributed by atoms with E-state index in [0.29, 0.717) is 65.9 Å². The van der Waals surface area contributed by atoms with Gasteiger partial charge in [-0.15, -0.1) is 0 Å². The van der Waals surface area contributed by atoms with E-state index in [2.05, 4.69) is 20.6 Å². The summed E-state index contributed by atoms with van der Waals surface area (Å²) in [5.41, 5.74) is 1.65. The summed E-state index contributed by atoms with van der Waals surface area (Å²) in [5, 5.41) is 6.67. The van der Waals surface area contributed by atoms with Crippen LogP contribution in [0.25, 0.3) is 10.9 Å². The first-order valence-electron chi connectivity index (χ1n) is 12.3. The quantitative estimate of drug-likeness (QED) is 0.282. The molecule has 1 aromatic heterocycles. The first-order chi connectivity index (χ1) is 18.4. The molecule has 2 aliphatic rings. The van der Waals surface area contributed by atoms with Crippen molar-refractivity contribution in [3.05, 3.63) is 59.7 Å². The van der Waals surface area contributed by atoms with Crippen molar-refractivity contribution in [3.8, 4) is 5.75 Å². The van der Waals surface area contributed by atoms with Crippen LogP contribution in [0, 0.1) is 11.7 Å². The van der Waals surface area contributed by atoms with Crippen molar-refractivity contribution in [1.82, 2.24) is 14.9 Å². The Morgan fingerprint density at radius 2 is 2.13 bits per heavy atom. The average molecular weight is 540 g/mol. The zero-order valence-electron chi connectivity index (χ0n) is 20.7. The molecule has 1 amide bonds. The molecule has 3 aromatic rings. The number of esters is 1. The zero-order valence-corrected chi connectivity index (χ0v) is 21.5. The fourth-order valence-corrected chi connectivity index (χ4v) is 4.22. The van der Waals surface area contributed by atoms with Gasteiger partial charge >= 0.3 is 5.97 Å². The lowest BCUT2D eigenvalue weighted by molar-refractivity contribution is -0.137. The summed E-state index contributed by atoms with van der Waals surface area (Å²) in [6.45, 7) is 1.40. The predicted molar refractivity (Wildman–Crippen MR) is 142 cm³/mol. The van der Waals surface area contributed by atoms with Crippen molar-refractivity contribution in [2.75, 3.05) is 37.4 Å². The number of fused-ring (bicyclic) bond motifs is 1. The monoisotopic (exact) mass is 539 g/mol. The molecule has 9 nitrogen and oxygen atoms in total. The molecular weight excluding hydrogens is 513 g/mol. The lowest BCUT2D eigenvalue weighted by atomic mass is 10.1. The Morgan fingerprint density at radius 3 is 2.87 bits per heavy atom. The van der Waals surface area contributed by atoms with Gasteiger partial charge in [-0.3, -0.25) is 14.5 Å². The Labute approximate surface area is 224 Å². The van der Waals surface area contributed by atoms with Crippen LogP contribution in [0.5, 0.6) is 5.75 Å². The van der Waals surface area contributed by atoms with Crippen molar-refractivity contribution in [3.63, 3.8) is 0 Å². The number of amides is 1. The van der Waals surface area contributed by atoms with E-state index < -0.39 is 5.82 Å². The Balaban J connectivity index is 1.35. The number of rotatable bonds is 10. The van der Waals surface area contributed by atoms with Gasteiger partial charge in [0.05, 0.1) is 35.3 Å². The maximum absolute atomic E-state index is 13.6. The summed E-state index contributed by atoms with van der Waals surface area (Å²) >= 11 is 5.93. The van der Waals surface area contributed by atoms with Crippen LogP contribution in [0.1, 0.15) is 19.3 Å². The molecule has 0 radical (unpaired) electrons. The molecule has 38 heavy (non-hydrogen) atoms. The second-order valence-electron chi connectivity index (χ2n) is 9.47. The number of nitrogens with one attached hydrogen (secondary N) is 2. The highest BCUT2D eigenvalue weighted by Gasteiger charge is 2.26. The van der Waals surface area contributed by atoms with Crippen LogP contribution in [0.15, 0.2) is 48.8 Å². The SMILES string of the molecule is CN(CC=CC(=O)Nc1cc2c(Nc3ccc(F)c(Cl)c3)ncnc2cc1OCC1CC1)C1COC(=O)C1. The number of nitrogens with zero attached hydrogens (tertiary/aromatic N) is 3. The molecule has 1 atom stereocenters. The normalized spacial score (nSPS) is 17.3. The van der Waals surface area contributed by atoms with Crippen LogP contribution in [0.2, 0.25) is 5.02 Å². The highest BCUT2D eigenvalue weighted by Crippen LogP contribution is 2.36. The number of ether oxygens (including phenoxy) is 2. The van der Waals surface area contributed by atoms with Crippen LogP contribution in [-0.4, -0.2) is 59.6 Å². The third-order valence-corrected chi connectivity index (χ3v) is 6.76. The zero-order chi connectivity index (χ0) is 26.6. The van der Waals surface area contributed by atoms with Gasteiger partial charge in [0.1, 0.15) is 30.3 Å². The van der Waals surface area contributed by atoms with Crippen molar-refractivity contribution < 1.29 is 23.5 Å². The van der Waals surface area contributed by atoms with E-state index in [-0.39, 0.29) is 22.9 Å². The van der Waals surface area contributed by atoms with Crippen LogP contribution < -0.4 is 15.4 Å². The molecular formula is C27H27ClFN5O4. The van der Waals surface area contributed by atoms with Crippen molar-refractivity contribution >= 4 is 51.6 Å². The number of aromatic nitrogens is 2. The molecule has 11 heteroatoms. The van der Waals surface area contributed by atoms with Gasteiger partial charge in [0, 0.05) is 29.8 Å². The highest BCUT2D eigenvalue weighted by atomic mass is 35.5. The number of cyclic esters (lactones) is 1. The number of carbonyl (C=O) groups excluding carboxylic acids is 2. The second kappa shape index (κ2) is 11.3. The van der Waals surface area contributed by atoms with Crippen molar-refractivity contribution in [1.29, 1.82) is 0 Å². The Morgan fingerprint density at radius 1 is 1.29 bits per heavy atom. The minimum Gasteiger partial charge on any atom is -0.491 e. The van der Waals surface area contributed by atoms with Crippen LogP contribution >= 0.6 is 11.6 Å². The molecule has 1 saturated carbocycles. The van der Waals surface area contributed by atoms with Gasteiger partial charge in [0.25, 0.3) is 0 Å². The molecule has 2 heterocycles. The number of halogens is 2. The number of likely N-dealkylation sites (N-methyl/N-ethyl adjacent to an activating group) is 1. The molecule has 2 N–H and O–H groups in total. The Kier molecular flexibility index (Phi) is 7.71. The number of benzene rings is 2. The fraction of sp³-hybridized carbons (Fsp3) is 0.333. The maximum Gasteiger partial charge on any atom is 0.307 e. The number of hydrogen-bond acceptors (Lipinski definition) is 8. The number of anilines is 3. The van der Waals surface area contributed by atoms with Crippen LogP contribution in [-0.2, 0) is 14.3 Å². The summed E-state index contributed by atoms with van der Waals surface area (Å²) in [6, 6.07) is 7.82.